The molecule has 0 amide bonds. The molecule has 4 nitrogen and oxygen atoms in total. The Kier molecular flexibility index (Phi) is 12.8. The predicted octanol–water partition coefficient (Wildman–Crippen LogP) is 5.18. The number of unbranched alkanes of at least 4 members (excludes halogenated alkanes) is 3. The Labute approximate surface area is 118 Å². The summed E-state index contributed by atoms with van der Waals surface area (Å²) >= 11 is 0. The van der Waals surface area contributed by atoms with Crippen LogP contribution >= 0.6 is 7.74 Å². The van der Waals surface area contributed by atoms with Gasteiger partial charge in [0.1, 0.15) is 0 Å². The fourth-order valence-electron chi connectivity index (χ4n) is 1.58. The number of nitrogens with zero attached hydrogens (tertiary/aromatic N) is 1. The van der Waals surface area contributed by atoms with Crippen LogP contribution < -0.4 is 0 Å². The SMILES string of the molecule is CCCCC/C=C/CN=P(OCC)(OCC)OCC. The summed E-state index contributed by atoms with van der Waals surface area (Å²) in [5.74, 6) is 0. The first-order chi connectivity index (χ1) is 9.24. The first-order valence-corrected chi connectivity index (χ1v) is 8.90. The Balaban J connectivity index is 4.36. The van der Waals surface area contributed by atoms with E-state index >= 15 is 0 Å². The lowest BCUT2D eigenvalue weighted by molar-refractivity contribution is 0.162. The molecular formula is C14H30NO3P. The molecule has 0 aliphatic heterocycles. The molecule has 0 bridgehead atoms. The molecule has 0 atom stereocenters. The summed E-state index contributed by atoms with van der Waals surface area (Å²) in [6.07, 6.45) is 9.16. The van der Waals surface area contributed by atoms with E-state index in [2.05, 4.69) is 23.8 Å². The molecule has 0 fully saturated rings. The van der Waals surface area contributed by atoms with Gasteiger partial charge in [0.15, 0.2) is 0 Å². The number of rotatable bonds is 12. The molecule has 0 aromatic heterocycles. The molecule has 5 heteroatoms. The second-order valence-corrected chi connectivity index (χ2v) is 6.01. The van der Waals surface area contributed by atoms with Gasteiger partial charge < -0.3 is 13.6 Å². The third-order valence-electron chi connectivity index (χ3n) is 2.38. The van der Waals surface area contributed by atoms with Gasteiger partial charge in [0.2, 0.25) is 0 Å². The molecular weight excluding hydrogens is 261 g/mol. The van der Waals surface area contributed by atoms with E-state index in [0.717, 1.165) is 6.42 Å². The van der Waals surface area contributed by atoms with Crippen molar-refractivity contribution in [3.05, 3.63) is 12.2 Å². The fraction of sp³-hybridized carbons (Fsp3) is 0.857. The van der Waals surface area contributed by atoms with Gasteiger partial charge in [-0.1, -0.05) is 31.9 Å². The van der Waals surface area contributed by atoms with Crippen LogP contribution in [0.2, 0.25) is 0 Å². The third kappa shape index (κ3) is 9.39. The minimum atomic E-state index is -2.48. The minimum absolute atomic E-state index is 0.553. The van der Waals surface area contributed by atoms with Crippen molar-refractivity contribution in [1.82, 2.24) is 0 Å². The molecule has 0 spiro atoms. The Morgan fingerprint density at radius 2 is 1.42 bits per heavy atom. The van der Waals surface area contributed by atoms with E-state index in [1.807, 2.05) is 20.8 Å². The van der Waals surface area contributed by atoms with Gasteiger partial charge in [-0.2, -0.15) is 0 Å². The number of hydrogen-bond donors (Lipinski definition) is 0. The van der Waals surface area contributed by atoms with E-state index < -0.39 is 7.74 Å². The van der Waals surface area contributed by atoms with Gasteiger partial charge in [-0.3, -0.25) is 0 Å². The van der Waals surface area contributed by atoms with Crippen molar-refractivity contribution in [2.24, 2.45) is 4.74 Å². The lowest BCUT2D eigenvalue weighted by Crippen LogP contribution is -2.01. The summed E-state index contributed by atoms with van der Waals surface area (Å²) in [4.78, 5) is 0. The maximum atomic E-state index is 5.62. The standard InChI is InChI=1S/C14H30NO3P/c1-5-9-10-11-12-13-14-15-19(16-6-2,17-7-3)18-8-4/h12-13H,5-11,14H2,1-4H3/b13-12+. The molecule has 0 heterocycles. The highest BCUT2D eigenvalue weighted by atomic mass is 31.2. The van der Waals surface area contributed by atoms with E-state index in [1.165, 1.54) is 19.3 Å². The topological polar surface area (TPSA) is 40.0 Å². The Bertz CT molecular complexity index is 256. The lowest BCUT2D eigenvalue weighted by atomic mass is 10.2. The number of allylic oxidation sites excluding steroid dienone is 1. The van der Waals surface area contributed by atoms with Gasteiger partial charge in [-0.05, 0) is 33.6 Å². The quantitative estimate of drug-likeness (QED) is 0.282. The Hall–Kier alpha value is -0.150. The molecule has 0 N–H and O–H groups in total. The van der Waals surface area contributed by atoms with Crippen LogP contribution in [0.3, 0.4) is 0 Å². The summed E-state index contributed by atoms with van der Waals surface area (Å²) < 4.78 is 21.4. The van der Waals surface area contributed by atoms with Crippen molar-refractivity contribution in [2.45, 2.75) is 53.4 Å². The Morgan fingerprint density at radius 3 is 1.89 bits per heavy atom. The average Bonchev–Trinajstić information content (AvgIpc) is 2.39. The van der Waals surface area contributed by atoms with Crippen LogP contribution in [0.25, 0.3) is 0 Å². The summed E-state index contributed by atoms with van der Waals surface area (Å²) in [5, 5.41) is 0. The second kappa shape index (κ2) is 12.9. The van der Waals surface area contributed by atoms with Gasteiger partial charge in [-0.15, -0.1) is 0 Å². The van der Waals surface area contributed by atoms with Crippen LogP contribution in [0.15, 0.2) is 16.9 Å². The molecule has 0 saturated heterocycles. The minimum Gasteiger partial charge on any atom is -0.303 e. The van der Waals surface area contributed by atoms with Crippen molar-refractivity contribution in [3.8, 4) is 0 Å². The molecule has 0 unspecified atom stereocenters. The maximum Gasteiger partial charge on any atom is 0.355 e. The van der Waals surface area contributed by atoms with Crippen molar-refractivity contribution in [1.29, 1.82) is 0 Å². The largest absolute Gasteiger partial charge is 0.355 e. The van der Waals surface area contributed by atoms with E-state index in [0.29, 0.717) is 26.4 Å². The first-order valence-electron chi connectivity index (χ1n) is 7.41. The van der Waals surface area contributed by atoms with E-state index in [1.54, 1.807) is 0 Å². The van der Waals surface area contributed by atoms with Gasteiger partial charge >= 0.3 is 7.74 Å². The predicted molar refractivity (Wildman–Crippen MR) is 82.4 cm³/mol. The van der Waals surface area contributed by atoms with Gasteiger partial charge in [-0.25, -0.2) is 4.74 Å². The van der Waals surface area contributed by atoms with Gasteiger partial charge in [0.25, 0.3) is 0 Å². The normalized spacial score (nSPS) is 12.2. The van der Waals surface area contributed by atoms with Crippen molar-refractivity contribution in [3.63, 3.8) is 0 Å². The van der Waals surface area contributed by atoms with Crippen molar-refractivity contribution in [2.75, 3.05) is 26.4 Å². The first kappa shape index (κ1) is 18.9. The van der Waals surface area contributed by atoms with Crippen LogP contribution in [-0.2, 0) is 13.6 Å². The highest BCUT2D eigenvalue weighted by Gasteiger charge is 2.21. The Morgan fingerprint density at radius 1 is 0.842 bits per heavy atom. The molecule has 0 aliphatic carbocycles. The maximum absolute atomic E-state index is 5.62. The monoisotopic (exact) mass is 291 g/mol. The van der Waals surface area contributed by atoms with Crippen molar-refractivity contribution < 1.29 is 13.6 Å². The average molecular weight is 291 g/mol. The molecule has 0 saturated carbocycles. The molecule has 0 radical (unpaired) electrons. The van der Waals surface area contributed by atoms with E-state index in [9.17, 15) is 0 Å². The van der Waals surface area contributed by atoms with Gasteiger partial charge in [0, 0.05) is 0 Å². The second-order valence-electron chi connectivity index (χ2n) is 4.01. The van der Waals surface area contributed by atoms with Crippen LogP contribution in [0.4, 0.5) is 0 Å². The zero-order chi connectivity index (χ0) is 14.4. The van der Waals surface area contributed by atoms with E-state index in [4.69, 9.17) is 13.6 Å². The molecule has 0 aliphatic rings. The summed E-state index contributed by atoms with van der Waals surface area (Å²) in [7, 11) is -2.48. The molecule has 0 aromatic carbocycles. The lowest BCUT2D eigenvalue weighted by Gasteiger charge is -2.21. The van der Waals surface area contributed by atoms with Crippen LogP contribution in [-0.4, -0.2) is 26.4 Å². The molecule has 0 aromatic rings. The molecule has 0 rings (SSSR count). The smallest absolute Gasteiger partial charge is 0.303 e. The van der Waals surface area contributed by atoms with Crippen molar-refractivity contribution >= 4 is 7.74 Å². The fourth-order valence-corrected chi connectivity index (χ4v) is 3.32. The highest BCUT2D eigenvalue weighted by molar-refractivity contribution is 7.51. The van der Waals surface area contributed by atoms with Crippen LogP contribution in [0, 0.1) is 0 Å². The van der Waals surface area contributed by atoms with Crippen LogP contribution in [0.1, 0.15) is 53.4 Å². The summed E-state index contributed by atoms with van der Waals surface area (Å²) in [6.45, 7) is 10.3. The molecule has 19 heavy (non-hydrogen) atoms. The van der Waals surface area contributed by atoms with Gasteiger partial charge in [0.05, 0.1) is 26.4 Å². The summed E-state index contributed by atoms with van der Waals surface area (Å²) in [6, 6.07) is 0. The third-order valence-corrected chi connectivity index (χ3v) is 4.64. The summed E-state index contributed by atoms with van der Waals surface area (Å²) in [5.41, 5.74) is 0. The zero-order valence-electron chi connectivity index (χ0n) is 12.9. The highest BCUT2D eigenvalue weighted by Crippen LogP contribution is 2.52. The zero-order valence-corrected chi connectivity index (χ0v) is 13.8. The van der Waals surface area contributed by atoms with E-state index in [-0.39, 0.29) is 0 Å². The molecule has 114 valence electrons. The number of hydrogen-bond acceptors (Lipinski definition) is 4. The van der Waals surface area contributed by atoms with Crippen LogP contribution in [0.5, 0.6) is 0 Å².